The largest absolute Gasteiger partial charge is 0.348 e. The summed E-state index contributed by atoms with van der Waals surface area (Å²) >= 11 is 3.37. The van der Waals surface area contributed by atoms with Crippen LogP contribution in [-0.4, -0.2) is 25.1 Å². The number of pyridine rings is 1. The van der Waals surface area contributed by atoms with E-state index >= 15 is 0 Å². The number of benzene rings is 2. The van der Waals surface area contributed by atoms with Gasteiger partial charge in [0.05, 0.1) is 26.5 Å². The van der Waals surface area contributed by atoms with Gasteiger partial charge in [-0.1, -0.05) is 24.3 Å². The van der Waals surface area contributed by atoms with Gasteiger partial charge in [-0.25, -0.2) is 8.42 Å². The number of nitriles is 1. The van der Waals surface area contributed by atoms with Gasteiger partial charge in [0.25, 0.3) is 5.91 Å². The highest BCUT2D eigenvalue weighted by molar-refractivity contribution is 9.10. The summed E-state index contributed by atoms with van der Waals surface area (Å²) in [6.45, 7) is 1.98. The van der Waals surface area contributed by atoms with Crippen molar-refractivity contribution in [3.05, 3.63) is 97.4 Å². The maximum absolute atomic E-state index is 13.0. The van der Waals surface area contributed by atoms with E-state index in [1.807, 2.05) is 23.6 Å². The monoisotopic (exact) mass is 539 g/mol. The fraction of sp³-hybridized carbons (Fsp3) is 0.240. The van der Waals surface area contributed by atoms with Crippen LogP contribution in [0.15, 0.2) is 68.9 Å². The molecule has 0 radical (unpaired) electrons. The van der Waals surface area contributed by atoms with Crippen molar-refractivity contribution in [3.8, 4) is 6.07 Å². The van der Waals surface area contributed by atoms with Gasteiger partial charge < -0.3 is 9.88 Å². The van der Waals surface area contributed by atoms with E-state index in [-0.39, 0.29) is 22.5 Å². The van der Waals surface area contributed by atoms with Crippen molar-refractivity contribution in [2.75, 3.05) is 6.26 Å². The molecule has 1 aromatic heterocycles. The summed E-state index contributed by atoms with van der Waals surface area (Å²) in [5.41, 5.74) is 2.28. The summed E-state index contributed by atoms with van der Waals surface area (Å²) in [7, 11) is -3.30. The number of rotatable bonds is 6. The predicted octanol–water partition coefficient (Wildman–Crippen LogP) is 3.66. The third kappa shape index (κ3) is 4.43. The Kier molecular flexibility index (Phi) is 6.23. The molecule has 1 fully saturated rings. The second-order valence-electron chi connectivity index (χ2n) is 8.46. The maximum Gasteiger partial charge on any atom is 0.257 e. The fourth-order valence-corrected chi connectivity index (χ4v) is 5.09. The van der Waals surface area contributed by atoms with Gasteiger partial charge in [0, 0.05) is 24.7 Å². The van der Waals surface area contributed by atoms with Crippen molar-refractivity contribution in [2.24, 2.45) is 0 Å². The third-order valence-corrected chi connectivity index (χ3v) is 8.23. The van der Waals surface area contributed by atoms with Crippen LogP contribution in [0.4, 0.5) is 0 Å². The Morgan fingerprint density at radius 1 is 1.15 bits per heavy atom. The first kappa shape index (κ1) is 23.9. The molecule has 0 aliphatic heterocycles. The van der Waals surface area contributed by atoms with Crippen LogP contribution in [0.5, 0.6) is 0 Å². The van der Waals surface area contributed by atoms with Crippen LogP contribution in [0.2, 0.25) is 0 Å². The SMILES string of the molecule is Cc1c(Br)c(=O)c(C(=O)NCc2ccc(S(C)(=O)=O)cc2)cn1C1(c2ccc(C#N)cc2)CC1. The summed E-state index contributed by atoms with van der Waals surface area (Å²) in [4.78, 5) is 26.1. The summed E-state index contributed by atoms with van der Waals surface area (Å²) < 4.78 is 25.5. The van der Waals surface area contributed by atoms with E-state index < -0.39 is 21.2 Å². The zero-order chi connectivity index (χ0) is 24.7. The van der Waals surface area contributed by atoms with Crippen molar-refractivity contribution in [3.63, 3.8) is 0 Å². The van der Waals surface area contributed by atoms with Gasteiger partial charge in [-0.2, -0.15) is 5.26 Å². The van der Waals surface area contributed by atoms with Gasteiger partial charge in [-0.15, -0.1) is 0 Å². The first-order valence-electron chi connectivity index (χ1n) is 10.6. The summed E-state index contributed by atoms with van der Waals surface area (Å²) in [5, 5.41) is 11.8. The maximum atomic E-state index is 13.0. The number of hydrogen-bond acceptors (Lipinski definition) is 5. The minimum absolute atomic E-state index is 0.0187. The Hall–Kier alpha value is -3.22. The molecule has 4 rings (SSSR count). The number of nitrogens with one attached hydrogen (secondary N) is 1. The van der Waals surface area contributed by atoms with Gasteiger partial charge in [0.2, 0.25) is 5.43 Å². The number of sulfone groups is 1. The second kappa shape index (κ2) is 8.85. The molecule has 0 atom stereocenters. The van der Waals surface area contributed by atoms with Crippen molar-refractivity contribution < 1.29 is 13.2 Å². The lowest BCUT2D eigenvalue weighted by molar-refractivity contribution is 0.0948. The molecule has 0 saturated heterocycles. The number of hydrogen-bond donors (Lipinski definition) is 1. The van der Waals surface area contributed by atoms with E-state index in [0.717, 1.165) is 30.4 Å². The van der Waals surface area contributed by atoms with Crippen LogP contribution < -0.4 is 10.7 Å². The Bertz CT molecular complexity index is 1480. The van der Waals surface area contributed by atoms with E-state index in [1.165, 1.54) is 12.1 Å². The van der Waals surface area contributed by atoms with E-state index in [9.17, 15) is 18.0 Å². The predicted molar refractivity (Wildman–Crippen MR) is 131 cm³/mol. The number of carbonyl (C=O) groups is 1. The molecule has 0 bridgehead atoms. The molecular formula is C25H22BrN3O4S. The number of amides is 1. The first-order chi connectivity index (χ1) is 16.1. The summed E-state index contributed by atoms with van der Waals surface area (Å²) in [6, 6.07) is 15.7. The van der Waals surface area contributed by atoms with Crippen LogP contribution >= 0.6 is 15.9 Å². The molecule has 34 heavy (non-hydrogen) atoms. The first-order valence-corrected chi connectivity index (χ1v) is 13.3. The molecular weight excluding hydrogens is 518 g/mol. The van der Waals surface area contributed by atoms with Gasteiger partial charge in [0.15, 0.2) is 9.84 Å². The molecule has 0 unspecified atom stereocenters. The molecule has 1 amide bonds. The Morgan fingerprint density at radius 3 is 2.29 bits per heavy atom. The zero-order valence-corrected chi connectivity index (χ0v) is 21.0. The molecule has 0 spiro atoms. The topological polar surface area (TPSA) is 109 Å². The van der Waals surface area contributed by atoms with E-state index in [0.29, 0.717) is 15.6 Å². The smallest absolute Gasteiger partial charge is 0.257 e. The van der Waals surface area contributed by atoms with Crippen LogP contribution in [0.25, 0.3) is 0 Å². The lowest BCUT2D eigenvalue weighted by atomic mass is 10.0. The van der Waals surface area contributed by atoms with Gasteiger partial charge >= 0.3 is 0 Å². The lowest BCUT2D eigenvalue weighted by Crippen LogP contribution is -2.32. The fourth-order valence-electron chi connectivity index (χ4n) is 4.05. The molecule has 1 N–H and O–H groups in total. The third-order valence-electron chi connectivity index (χ3n) is 6.17. The second-order valence-corrected chi connectivity index (χ2v) is 11.3. The average Bonchev–Trinajstić information content (AvgIpc) is 3.63. The summed E-state index contributed by atoms with van der Waals surface area (Å²) in [6.07, 6.45) is 4.44. The van der Waals surface area contributed by atoms with E-state index in [1.54, 1.807) is 30.5 Å². The molecule has 2 aromatic carbocycles. The van der Waals surface area contributed by atoms with E-state index in [4.69, 9.17) is 5.26 Å². The molecule has 3 aromatic rings. The Balaban J connectivity index is 1.62. The van der Waals surface area contributed by atoms with Crippen LogP contribution in [0, 0.1) is 18.3 Å². The van der Waals surface area contributed by atoms with Crippen LogP contribution in [0.1, 0.15) is 45.6 Å². The minimum atomic E-state index is -3.30. The Morgan fingerprint density at radius 2 is 1.76 bits per heavy atom. The molecule has 9 heteroatoms. The van der Waals surface area contributed by atoms with Crippen LogP contribution in [0.3, 0.4) is 0 Å². The molecule has 1 aliphatic carbocycles. The van der Waals surface area contributed by atoms with E-state index in [2.05, 4.69) is 27.3 Å². The highest BCUT2D eigenvalue weighted by Crippen LogP contribution is 2.50. The van der Waals surface area contributed by atoms with Crippen LogP contribution in [-0.2, 0) is 21.9 Å². The number of halogens is 1. The minimum Gasteiger partial charge on any atom is -0.348 e. The normalized spacial score (nSPS) is 14.3. The number of aromatic nitrogens is 1. The van der Waals surface area contributed by atoms with Crippen molar-refractivity contribution in [1.29, 1.82) is 5.26 Å². The van der Waals surface area contributed by atoms with Gasteiger partial charge in [-0.3, -0.25) is 9.59 Å². The number of nitrogens with zero attached hydrogens (tertiary/aromatic N) is 2. The molecule has 174 valence electrons. The van der Waals surface area contributed by atoms with Gasteiger partial charge in [0.1, 0.15) is 5.56 Å². The van der Waals surface area contributed by atoms with Gasteiger partial charge in [-0.05, 0) is 71.1 Å². The molecule has 1 heterocycles. The highest BCUT2D eigenvalue weighted by Gasteiger charge is 2.47. The van der Waals surface area contributed by atoms with Crippen molar-refractivity contribution in [1.82, 2.24) is 9.88 Å². The molecule has 1 aliphatic rings. The van der Waals surface area contributed by atoms with Crippen molar-refractivity contribution >= 4 is 31.7 Å². The zero-order valence-electron chi connectivity index (χ0n) is 18.6. The quantitative estimate of drug-likeness (QED) is 0.514. The Labute approximate surface area is 206 Å². The lowest BCUT2D eigenvalue weighted by Gasteiger charge is -2.25. The van der Waals surface area contributed by atoms with Crippen molar-refractivity contribution in [2.45, 2.75) is 36.7 Å². The average molecular weight is 540 g/mol. The number of carbonyl (C=O) groups excluding carboxylic acids is 1. The summed E-state index contributed by atoms with van der Waals surface area (Å²) in [5.74, 6) is -0.512. The highest BCUT2D eigenvalue weighted by atomic mass is 79.9. The molecule has 1 saturated carbocycles. The standard InChI is InChI=1S/C25H22BrN3O4S/c1-16-22(26)23(30)21(24(31)28-14-18-5-9-20(10-6-18)34(2,32)33)15-29(16)25(11-12-25)19-7-3-17(13-27)4-8-19/h3-10,15H,11-12,14H2,1-2H3,(H,28,31). The molecule has 7 nitrogen and oxygen atoms in total.